The van der Waals surface area contributed by atoms with E-state index in [2.05, 4.69) is 31.8 Å². The van der Waals surface area contributed by atoms with Crippen molar-refractivity contribution in [2.24, 2.45) is 0 Å². The highest BCUT2D eigenvalue weighted by Gasteiger charge is 2.28. The number of hydrogen-bond acceptors (Lipinski definition) is 4. The van der Waals surface area contributed by atoms with E-state index in [0.717, 1.165) is 51.9 Å². The van der Waals surface area contributed by atoms with E-state index in [-0.39, 0.29) is 11.9 Å². The zero-order valence-corrected chi connectivity index (χ0v) is 15.0. The van der Waals surface area contributed by atoms with Gasteiger partial charge in [0.15, 0.2) is 5.82 Å². The zero-order valence-electron chi connectivity index (χ0n) is 15.0. The largest absolute Gasteiger partial charge is 0.337 e. The van der Waals surface area contributed by atoms with Crippen molar-refractivity contribution in [2.75, 3.05) is 18.4 Å². The Kier molecular flexibility index (Phi) is 6.22. The molecule has 25 heavy (non-hydrogen) atoms. The van der Waals surface area contributed by atoms with E-state index in [1.807, 2.05) is 29.5 Å². The van der Waals surface area contributed by atoms with E-state index >= 15 is 0 Å². The van der Waals surface area contributed by atoms with Crippen LogP contribution in [0.1, 0.15) is 39.0 Å². The predicted molar refractivity (Wildman–Crippen MR) is 97.2 cm³/mol. The minimum absolute atomic E-state index is 0.0138. The van der Waals surface area contributed by atoms with E-state index in [0.29, 0.717) is 5.82 Å². The molecule has 0 spiro atoms. The summed E-state index contributed by atoms with van der Waals surface area (Å²) >= 11 is 0. The highest BCUT2D eigenvalue weighted by atomic mass is 16.2. The van der Waals surface area contributed by atoms with Gasteiger partial charge in [0.05, 0.1) is 12.4 Å². The number of rotatable bonds is 8. The third kappa shape index (κ3) is 4.92. The fourth-order valence-electron chi connectivity index (χ4n) is 3.44. The number of imidazole rings is 1. The van der Waals surface area contributed by atoms with Crippen LogP contribution >= 0.6 is 0 Å². The minimum Gasteiger partial charge on any atom is -0.337 e. The van der Waals surface area contributed by atoms with E-state index < -0.39 is 0 Å². The molecule has 2 aromatic rings. The first-order chi connectivity index (χ1) is 12.3. The predicted octanol–water partition coefficient (Wildman–Crippen LogP) is 2.37. The van der Waals surface area contributed by atoms with Crippen molar-refractivity contribution in [3.05, 3.63) is 31.0 Å². The van der Waals surface area contributed by atoms with Gasteiger partial charge < -0.3 is 9.88 Å². The third-order valence-corrected chi connectivity index (χ3v) is 4.68. The second-order valence-corrected chi connectivity index (χ2v) is 6.65. The van der Waals surface area contributed by atoms with Crippen LogP contribution in [0.15, 0.2) is 31.0 Å². The lowest BCUT2D eigenvalue weighted by Crippen LogP contribution is -2.47. The van der Waals surface area contributed by atoms with Crippen LogP contribution in [0.3, 0.4) is 0 Å². The molecule has 2 aromatic heterocycles. The molecule has 0 saturated carbocycles. The van der Waals surface area contributed by atoms with Crippen LogP contribution in [-0.4, -0.2) is 49.3 Å². The Morgan fingerprint density at radius 1 is 1.28 bits per heavy atom. The molecule has 7 heteroatoms. The van der Waals surface area contributed by atoms with Crippen molar-refractivity contribution >= 4 is 11.7 Å². The maximum atomic E-state index is 12.6. The molecule has 1 atom stereocenters. The maximum absolute atomic E-state index is 12.6. The van der Waals surface area contributed by atoms with Gasteiger partial charge in [0.1, 0.15) is 0 Å². The molecular formula is C18H28N6O. The molecule has 0 aliphatic carbocycles. The molecule has 136 valence electrons. The lowest BCUT2D eigenvalue weighted by atomic mass is 10.0. The van der Waals surface area contributed by atoms with Gasteiger partial charge >= 0.3 is 0 Å². The monoisotopic (exact) mass is 344 g/mol. The molecule has 1 aliphatic heterocycles. The van der Waals surface area contributed by atoms with Crippen LogP contribution in [0.4, 0.5) is 5.82 Å². The highest BCUT2D eigenvalue weighted by Crippen LogP contribution is 2.18. The molecule has 0 bridgehead atoms. The molecule has 0 unspecified atom stereocenters. The Hall–Kier alpha value is -2.15. The SMILES string of the molecule is CCCN1CCCC[C@@H]1C(=O)Nc1ccn(CCCn2ccnc2)n1. The fraction of sp³-hybridized carbons (Fsp3) is 0.611. The number of anilines is 1. The van der Waals surface area contributed by atoms with Crippen molar-refractivity contribution in [3.8, 4) is 0 Å². The van der Waals surface area contributed by atoms with Gasteiger partial charge in [-0.1, -0.05) is 13.3 Å². The number of likely N-dealkylation sites (tertiary alicyclic amines) is 1. The normalized spacial score (nSPS) is 18.4. The Bertz CT molecular complexity index is 648. The van der Waals surface area contributed by atoms with Crippen LogP contribution in [0, 0.1) is 0 Å². The zero-order chi connectivity index (χ0) is 17.5. The minimum atomic E-state index is -0.0138. The van der Waals surface area contributed by atoms with Gasteiger partial charge in [-0.3, -0.25) is 14.4 Å². The first-order valence-corrected chi connectivity index (χ1v) is 9.30. The van der Waals surface area contributed by atoms with E-state index in [4.69, 9.17) is 0 Å². The summed E-state index contributed by atoms with van der Waals surface area (Å²) in [6.45, 7) is 5.90. The molecule has 0 radical (unpaired) electrons. The van der Waals surface area contributed by atoms with Crippen molar-refractivity contribution in [2.45, 2.75) is 58.2 Å². The fourth-order valence-corrected chi connectivity index (χ4v) is 3.44. The summed E-state index contributed by atoms with van der Waals surface area (Å²) in [7, 11) is 0. The Balaban J connectivity index is 1.49. The summed E-state index contributed by atoms with van der Waals surface area (Å²) in [5.74, 6) is 0.728. The van der Waals surface area contributed by atoms with Gasteiger partial charge in [0.25, 0.3) is 0 Å². The highest BCUT2D eigenvalue weighted by molar-refractivity contribution is 5.94. The average molecular weight is 344 g/mol. The lowest BCUT2D eigenvalue weighted by Gasteiger charge is -2.34. The van der Waals surface area contributed by atoms with Crippen molar-refractivity contribution in [1.82, 2.24) is 24.2 Å². The third-order valence-electron chi connectivity index (χ3n) is 4.68. The van der Waals surface area contributed by atoms with E-state index in [9.17, 15) is 4.79 Å². The van der Waals surface area contributed by atoms with Gasteiger partial charge in [-0.15, -0.1) is 0 Å². The molecule has 1 fully saturated rings. The number of aryl methyl sites for hydroxylation is 2. The molecule has 7 nitrogen and oxygen atoms in total. The Morgan fingerprint density at radius 2 is 2.20 bits per heavy atom. The van der Waals surface area contributed by atoms with Gasteiger partial charge in [0.2, 0.25) is 5.91 Å². The van der Waals surface area contributed by atoms with Gasteiger partial charge in [-0.2, -0.15) is 5.10 Å². The molecule has 0 aromatic carbocycles. The molecule has 1 amide bonds. The van der Waals surface area contributed by atoms with Gasteiger partial charge in [-0.05, 0) is 38.8 Å². The van der Waals surface area contributed by atoms with Crippen LogP contribution in [-0.2, 0) is 17.9 Å². The number of nitrogens with zero attached hydrogens (tertiary/aromatic N) is 5. The second-order valence-electron chi connectivity index (χ2n) is 6.65. The molecule has 1 aliphatic rings. The molecular weight excluding hydrogens is 316 g/mol. The smallest absolute Gasteiger partial charge is 0.242 e. The van der Waals surface area contributed by atoms with Crippen molar-refractivity contribution < 1.29 is 4.79 Å². The van der Waals surface area contributed by atoms with Gasteiger partial charge in [-0.25, -0.2) is 4.98 Å². The summed E-state index contributed by atoms with van der Waals surface area (Å²) in [5.41, 5.74) is 0. The molecule has 3 heterocycles. The number of amides is 1. The van der Waals surface area contributed by atoms with Crippen molar-refractivity contribution in [3.63, 3.8) is 0 Å². The molecule has 3 rings (SSSR count). The number of aromatic nitrogens is 4. The first kappa shape index (κ1) is 17.7. The van der Waals surface area contributed by atoms with Crippen LogP contribution in [0.5, 0.6) is 0 Å². The summed E-state index contributed by atoms with van der Waals surface area (Å²) in [6.07, 6.45) is 12.8. The van der Waals surface area contributed by atoms with Gasteiger partial charge in [0, 0.05) is 37.7 Å². The lowest BCUT2D eigenvalue weighted by molar-refractivity contribution is -0.122. The van der Waals surface area contributed by atoms with E-state index in [1.165, 1.54) is 6.42 Å². The topological polar surface area (TPSA) is 68.0 Å². The number of nitrogens with one attached hydrogen (secondary N) is 1. The maximum Gasteiger partial charge on any atom is 0.242 e. The summed E-state index contributed by atoms with van der Waals surface area (Å²) in [5, 5.41) is 7.47. The average Bonchev–Trinajstić information content (AvgIpc) is 3.28. The molecule has 1 N–H and O–H groups in total. The first-order valence-electron chi connectivity index (χ1n) is 9.30. The standard InChI is InChI=1S/C18H28N6O/c1-2-9-23-11-4-3-6-16(23)18(25)20-17-7-13-24(21-17)12-5-10-22-14-8-19-15-22/h7-8,13-16H,2-6,9-12H2,1H3,(H,20,21,25)/t16-/m1/s1. The summed E-state index contributed by atoms with van der Waals surface area (Å²) in [6, 6.07) is 1.86. The van der Waals surface area contributed by atoms with E-state index in [1.54, 1.807) is 6.20 Å². The molecule has 1 saturated heterocycles. The van der Waals surface area contributed by atoms with Crippen LogP contribution in [0.2, 0.25) is 0 Å². The number of carbonyl (C=O) groups is 1. The summed E-state index contributed by atoms with van der Waals surface area (Å²) < 4.78 is 3.94. The Morgan fingerprint density at radius 3 is 3.00 bits per heavy atom. The van der Waals surface area contributed by atoms with Crippen molar-refractivity contribution in [1.29, 1.82) is 0 Å². The Labute approximate surface area is 149 Å². The summed E-state index contributed by atoms with van der Waals surface area (Å²) in [4.78, 5) is 19.0. The number of hydrogen-bond donors (Lipinski definition) is 1. The van der Waals surface area contributed by atoms with Crippen LogP contribution < -0.4 is 5.32 Å². The number of piperidine rings is 1. The quantitative estimate of drug-likeness (QED) is 0.798. The number of carbonyl (C=O) groups excluding carboxylic acids is 1. The second kappa shape index (κ2) is 8.80. The van der Waals surface area contributed by atoms with Crippen LogP contribution in [0.25, 0.3) is 0 Å².